The van der Waals surface area contributed by atoms with E-state index in [-0.39, 0.29) is 29.8 Å². The van der Waals surface area contributed by atoms with Crippen LogP contribution in [0.2, 0.25) is 0 Å². The van der Waals surface area contributed by atoms with E-state index in [1.54, 1.807) is 48.8 Å². The molecule has 0 fully saturated rings. The van der Waals surface area contributed by atoms with Gasteiger partial charge in [0.1, 0.15) is 35.1 Å². The van der Waals surface area contributed by atoms with Gasteiger partial charge in [-0.15, -0.1) is 0 Å². The lowest BCUT2D eigenvalue weighted by molar-refractivity contribution is 0.0991. The monoisotopic (exact) mass is 470 g/mol. The number of benzene rings is 2. The number of nitrogens with zero attached hydrogens (tertiary/aromatic N) is 4. The number of carbonyl (C=O) groups is 1. The summed E-state index contributed by atoms with van der Waals surface area (Å²) in [5.74, 6) is -1.24. The first-order valence-electron chi connectivity index (χ1n) is 11.0. The number of hydrogen-bond donors (Lipinski definition) is 0. The molecule has 8 heteroatoms. The number of halogens is 2. The highest BCUT2D eigenvalue weighted by atomic mass is 19.1. The third kappa shape index (κ3) is 4.42. The minimum absolute atomic E-state index is 0.110. The summed E-state index contributed by atoms with van der Waals surface area (Å²) in [6, 6.07) is 12.7. The standard InChI is InChI=1S/C27H20F2N4O2/c1-35-18-5-2-4-16(12-18)24(34)13-17-7-8-21(28)20(25(17)29)14-23-19(6-3-10-30-23)26-27-22(9-11-31-27)32-15-33-26/h2-8,10-12,15H,9,13-14H2,1H3. The van der Waals surface area contributed by atoms with E-state index in [0.717, 1.165) is 5.69 Å². The fourth-order valence-electron chi connectivity index (χ4n) is 4.10. The van der Waals surface area contributed by atoms with Crippen molar-refractivity contribution >= 4 is 17.7 Å². The van der Waals surface area contributed by atoms with Crippen molar-refractivity contribution in [1.29, 1.82) is 0 Å². The molecule has 2 aromatic carbocycles. The van der Waals surface area contributed by atoms with Gasteiger partial charge in [-0.2, -0.15) is 0 Å². The van der Waals surface area contributed by atoms with E-state index in [2.05, 4.69) is 19.9 Å². The Hall–Kier alpha value is -4.33. The second kappa shape index (κ2) is 9.50. The summed E-state index contributed by atoms with van der Waals surface area (Å²) in [7, 11) is 1.50. The maximum absolute atomic E-state index is 15.5. The van der Waals surface area contributed by atoms with E-state index in [9.17, 15) is 9.18 Å². The number of hydrogen-bond acceptors (Lipinski definition) is 6. The molecule has 0 unspecified atom stereocenters. The molecular weight excluding hydrogens is 450 g/mol. The molecule has 6 nitrogen and oxygen atoms in total. The van der Waals surface area contributed by atoms with Crippen molar-refractivity contribution in [3.05, 3.63) is 101 Å². The van der Waals surface area contributed by atoms with Gasteiger partial charge in [0.25, 0.3) is 0 Å². The van der Waals surface area contributed by atoms with E-state index in [1.165, 1.54) is 25.6 Å². The van der Waals surface area contributed by atoms with Crippen LogP contribution in [0, 0.1) is 11.6 Å². The van der Waals surface area contributed by atoms with Gasteiger partial charge < -0.3 is 4.74 Å². The van der Waals surface area contributed by atoms with Crippen LogP contribution < -0.4 is 4.74 Å². The molecule has 3 heterocycles. The number of aromatic nitrogens is 3. The lowest BCUT2D eigenvalue weighted by Crippen LogP contribution is -2.09. The summed E-state index contributed by atoms with van der Waals surface area (Å²) in [6.07, 6.45) is 5.04. The van der Waals surface area contributed by atoms with Crippen molar-refractivity contribution in [2.75, 3.05) is 7.11 Å². The molecular formula is C27H20F2N4O2. The predicted molar refractivity (Wildman–Crippen MR) is 127 cm³/mol. The third-order valence-electron chi connectivity index (χ3n) is 5.90. The number of Topliss-reactive ketones (excluding diaryl/α,β-unsaturated/α-hetero) is 1. The molecule has 1 aliphatic rings. The number of carbonyl (C=O) groups excluding carboxylic acids is 1. The molecule has 4 aromatic rings. The lowest BCUT2D eigenvalue weighted by Gasteiger charge is -2.13. The van der Waals surface area contributed by atoms with Crippen LogP contribution in [-0.2, 0) is 19.3 Å². The molecule has 0 saturated heterocycles. The van der Waals surface area contributed by atoms with Gasteiger partial charge in [-0.05, 0) is 35.9 Å². The molecule has 0 amide bonds. The summed E-state index contributed by atoms with van der Waals surface area (Å²) in [6.45, 7) is 0. The number of rotatable bonds is 7. The Bertz CT molecular complexity index is 1470. The average Bonchev–Trinajstić information content (AvgIpc) is 3.38. The molecule has 0 radical (unpaired) electrons. The van der Waals surface area contributed by atoms with Crippen LogP contribution >= 0.6 is 0 Å². The topological polar surface area (TPSA) is 77.3 Å². The number of pyridine rings is 1. The molecule has 0 atom stereocenters. The van der Waals surface area contributed by atoms with Crippen molar-refractivity contribution < 1.29 is 18.3 Å². The SMILES string of the molecule is COc1cccc(C(=O)Cc2ccc(F)c(Cc3ncccc3-c3ncnc4c3N=CC4)c2F)c1. The van der Waals surface area contributed by atoms with Crippen LogP contribution in [0.4, 0.5) is 14.5 Å². The van der Waals surface area contributed by atoms with Crippen molar-refractivity contribution in [2.45, 2.75) is 19.3 Å². The molecule has 5 rings (SSSR count). The molecule has 174 valence electrons. The maximum Gasteiger partial charge on any atom is 0.167 e. The highest BCUT2D eigenvalue weighted by molar-refractivity contribution is 5.97. The van der Waals surface area contributed by atoms with Crippen LogP contribution in [-0.4, -0.2) is 34.1 Å². The Morgan fingerprint density at radius 1 is 1.06 bits per heavy atom. The van der Waals surface area contributed by atoms with Gasteiger partial charge in [-0.25, -0.2) is 18.7 Å². The van der Waals surface area contributed by atoms with Crippen molar-refractivity contribution in [1.82, 2.24) is 15.0 Å². The molecule has 2 aromatic heterocycles. The summed E-state index contributed by atoms with van der Waals surface area (Å²) in [5.41, 5.74) is 3.41. The van der Waals surface area contributed by atoms with E-state index < -0.39 is 11.6 Å². The summed E-state index contributed by atoms with van der Waals surface area (Å²) in [5, 5.41) is 0. The fourth-order valence-corrected chi connectivity index (χ4v) is 4.10. The minimum Gasteiger partial charge on any atom is -0.497 e. The number of aliphatic imine (C=N–C) groups is 1. The molecule has 0 aliphatic carbocycles. The Balaban J connectivity index is 1.48. The summed E-state index contributed by atoms with van der Waals surface area (Å²) in [4.78, 5) is 30.2. The van der Waals surface area contributed by atoms with Gasteiger partial charge in [0.15, 0.2) is 5.78 Å². The van der Waals surface area contributed by atoms with Crippen LogP contribution in [0.15, 0.2) is 66.0 Å². The molecule has 0 saturated carbocycles. The molecule has 1 aliphatic heterocycles. The maximum atomic E-state index is 15.5. The van der Waals surface area contributed by atoms with E-state index >= 15 is 4.39 Å². The first-order valence-corrected chi connectivity index (χ1v) is 11.0. The van der Waals surface area contributed by atoms with Gasteiger partial charge >= 0.3 is 0 Å². The molecule has 0 N–H and O–H groups in total. The highest BCUT2D eigenvalue weighted by Gasteiger charge is 2.22. The Morgan fingerprint density at radius 3 is 2.80 bits per heavy atom. The zero-order chi connectivity index (χ0) is 24.4. The van der Waals surface area contributed by atoms with Gasteiger partial charge in [0.2, 0.25) is 0 Å². The Labute approximate surface area is 200 Å². The summed E-state index contributed by atoms with van der Waals surface area (Å²) >= 11 is 0. The van der Waals surface area contributed by atoms with Crippen LogP contribution in [0.25, 0.3) is 11.3 Å². The van der Waals surface area contributed by atoms with Crippen molar-refractivity contribution in [3.8, 4) is 17.0 Å². The van der Waals surface area contributed by atoms with Crippen molar-refractivity contribution in [2.24, 2.45) is 4.99 Å². The third-order valence-corrected chi connectivity index (χ3v) is 5.90. The number of ketones is 1. The van der Waals surface area contributed by atoms with Crippen LogP contribution in [0.5, 0.6) is 5.75 Å². The van der Waals surface area contributed by atoms with E-state index in [1.807, 2.05) is 0 Å². The Morgan fingerprint density at radius 2 is 1.94 bits per heavy atom. The minimum atomic E-state index is -0.760. The molecule has 0 spiro atoms. The second-order valence-electron chi connectivity index (χ2n) is 8.04. The quantitative estimate of drug-likeness (QED) is 0.351. The highest BCUT2D eigenvalue weighted by Crippen LogP contribution is 2.35. The van der Waals surface area contributed by atoms with Crippen LogP contribution in [0.1, 0.15) is 32.9 Å². The van der Waals surface area contributed by atoms with E-state index in [0.29, 0.717) is 40.4 Å². The number of ether oxygens (including phenoxy) is 1. The zero-order valence-electron chi connectivity index (χ0n) is 18.8. The van der Waals surface area contributed by atoms with Crippen LogP contribution in [0.3, 0.4) is 0 Å². The zero-order valence-corrected chi connectivity index (χ0v) is 18.8. The first-order chi connectivity index (χ1) is 17.0. The van der Waals surface area contributed by atoms with Gasteiger partial charge in [-0.1, -0.05) is 18.2 Å². The fraction of sp³-hybridized carbons (Fsp3) is 0.148. The van der Waals surface area contributed by atoms with Gasteiger partial charge in [0, 0.05) is 48.4 Å². The van der Waals surface area contributed by atoms with Gasteiger partial charge in [0.05, 0.1) is 18.5 Å². The normalized spacial score (nSPS) is 12.0. The lowest BCUT2D eigenvalue weighted by atomic mass is 9.96. The second-order valence-corrected chi connectivity index (χ2v) is 8.04. The van der Waals surface area contributed by atoms with Gasteiger partial charge in [-0.3, -0.25) is 14.8 Å². The number of methoxy groups -OCH3 is 1. The van der Waals surface area contributed by atoms with Crippen molar-refractivity contribution in [3.63, 3.8) is 0 Å². The smallest absolute Gasteiger partial charge is 0.167 e. The first kappa shape index (κ1) is 22.5. The molecule has 0 bridgehead atoms. The van der Waals surface area contributed by atoms with E-state index in [4.69, 9.17) is 4.74 Å². The average molecular weight is 470 g/mol. The summed E-state index contributed by atoms with van der Waals surface area (Å²) < 4.78 is 35.5. The Kier molecular flexibility index (Phi) is 6.10. The predicted octanol–water partition coefficient (Wildman–Crippen LogP) is 5.10. The largest absolute Gasteiger partial charge is 0.497 e. The molecule has 35 heavy (non-hydrogen) atoms. The number of fused-ring (bicyclic) bond motifs is 1.